The van der Waals surface area contributed by atoms with Crippen LogP contribution in [0, 0.1) is 0 Å². The van der Waals surface area contributed by atoms with Gasteiger partial charge >= 0.3 is 29.6 Å². The maximum absolute atomic E-state index is 10.7. The molecular formula is C27H43NaO5. The smallest absolute Gasteiger partial charge is 0.550 e. The molecule has 2 fully saturated rings. The maximum atomic E-state index is 10.7. The average Bonchev–Trinajstić information content (AvgIpc) is 3.25. The van der Waals surface area contributed by atoms with Gasteiger partial charge in [0.2, 0.25) is 0 Å². The zero-order valence-corrected chi connectivity index (χ0v) is 22.8. The molecule has 0 radical (unpaired) electrons. The molecule has 182 valence electrons. The molecular weight excluding hydrogens is 427 g/mol. The van der Waals surface area contributed by atoms with Crippen LogP contribution in [0.3, 0.4) is 0 Å². The summed E-state index contributed by atoms with van der Waals surface area (Å²) in [6.45, 7) is 3.74. The molecule has 2 aliphatic rings. The number of carbonyl (C=O) groups excluding carboxylic acids is 1. The van der Waals surface area contributed by atoms with Gasteiger partial charge in [0.1, 0.15) is 6.10 Å². The van der Waals surface area contributed by atoms with Gasteiger partial charge in [-0.3, -0.25) is 0 Å². The minimum atomic E-state index is -1.09. The molecule has 4 atom stereocenters. The summed E-state index contributed by atoms with van der Waals surface area (Å²) in [6.07, 6.45) is 27.7. The molecule has 0 N–H and O–H groups in total. The molecule has 33 heavy (non-hydrogen) atoms. The minimum absolute atomic E-state index is 0. The summed E-state index contributed by atoms with van der Waals surface area (Å²) in [4.78, 5) is 21.3. The fraction of sp³-hybridized carbons (Fsp3) is 0.741. The Morgan fingerprint density at radius 3 is 2.09 bits per heavy atom. The van der Waals surface area contributed by atoms with E-state index in [0.29, 0.717) is 12.5 Å². The molecule has 2 aliphatic heterocycles. The predicted octanol–water partition coefficient (Wildman–Crippen LogP) is 2.75. The van der Waals surface area contributed by atoms with Crippen molar-refractivity contribution in [2.75, 3.05) is 0 Å². The molecule has 0 saturated carbocycles. The number of allylic oxidation sites excluding steroid dienone is 5. The Morgan fingerprint density at radius 1 is 0.788 bits per heavy atom. The van der Waals surface area contributed by atoms with Crippen molar-refractivity contribution in [3.05, 3.63) is 37.0 Å². The van der Waals surface area contributed by atoms with Gasteiger partial charge in [0.25, 0.3) is 0 Å². The number of unbranched alkanes of at least 4 members (excludes halogenated alkanes) is 8. The van der Waals surface area contributed by atoms with Crippen molar-refractivity contribution in [1.82, 2.24) is 0 Å². The maximum Gasteiger partial charge on any atom is 1.00 e. The number of hydrogen-bond acceptors (Lipinski definition) is 5. The molecule has 6 heteroatoms. The van der Waals surface area contributed by atoms with Gasteiger partial charge in [-0.25, -0.2) is 9.78 Å². The Balaban J connectivity index is 0.00000544. The van der Waals surface area contributed by atoms with E-state index in [1.807, 2.05) is 6.08 Å². The van der Waals surface area contributed by atoms with Crippen molar-refractivity contribution in [1.29, 1.82) is 0 Å². The summed E-state index contributed by atoms with van der Waals surface area (Å²) >= 11 is 0. The predicted molar refractivity (Wildman–Crippen MR) is 126 cm³/mol. The van der Waals surface area contributed by atoms with Crippen molar-refractivity contribution in [2.45, 2.75) is 127 Å². The average molecular weight is 471 g/mol. The van der Waals surface area contributed by atoms with E-state index in [1.54, 1.807) is 0 Å². The van der Waals surface area contributed by atoms with Crippen LogP contribution >= 0.6 is 0 Å². The van der Waals surface area contributed by atoms with Gasteiger partial charge in [0.15, 0.2) is 0 Å². The fourth-order valence-electron chi connectivity index (χ4n) is 4.46. The van der Waals surface area contributed by atoms with E-state index in [9.17, 15) is 9.90 Å². The summed E-state index contributed by atoms with van der Waals surface area (Å²) in [7, 11) is 0. The van der Waals surface area contributed by atoms with Gasteiger partial charge < -0.3 is 14.6 Å². The molecule has 5 nitrogen and oxygen atoms in total. The first-order chi connectivity index (χ1) is 15.7. The van der Waals surface area contributed by atoms with Gasteiger partial charge in [0, 0.05) is 12.4 Å². The first-order valence-corrected chi connectivity index (χ1v) is 12.8. The van der Waals surface area contributed by atoms with E-state index in [0.717, 1.165) is 38.5 Å². The summed E-state index contributed by atoms with van der Waals surface area (Å²) in [5, 5.41) is 10.7. The van der Waals surface area contributed by atoms with Crippen molar-refractivity contribution >= 4 is 5.97 Å². The van der Waals surface area contributed by atoms with E-state index in [-0.39, 0.29) is 48.2 Å². The van der Waals surface area contributed by atoms with Crippen molar-refractivity contribution in [2.24, 2.45) is 0 Å². The molecule has 0 bridgehead atoms. The van der Waals surface area contributed by atoms with Crippen LogP contribution in [0.25, 0.3) is 0 Å². The molecule has 0 aliphatic carbocycles. The van der Waals surface area contributed by atoms with Gasteiger partial charge in [-0.1, -0.05) is 62.5 Å². The molecule has 0 aromatic heterocycles. The first-order valence-electron chi connectivity index (χ1n) is 12.8. The zero-order valence-electron chi connectivity index (χ0n) is 20.8. The third kappa shape index (κ3) is 14.5. The molecule has 0 aromatic carbocycles. The monoisotopic (exact) mass is 470 g/mol. The molecule has 2 rings (SSSR count). The second-order valence-electron chi connectivity index (χ2n) is 9.15. The third-order valence-corrected chi connectivity index (χ3v) is 6.35. The van der Waals surface area contributed by atoms with Gasteiger partial charge in [-0.15, -0.1) is 6.58 Å². The summed E-state index contributed by atoms with van der Waals surface area (Å²) < 4.78 is 6.19. The van der Waals surface area contributed by atoms with E-state index >= 15 is 0 Å². The summed E-state index contributed by atoms with van der Waals surface area (Å²) in [5.74, 6) is -1.09. The third-order valence-electron chi connectivity index (χ3n) is 6.35. The topological polar surface area (TPSA) is 67.8 Å². The fourth-order valence-corrected chi connectivity index (χ4v) is 4.46. The Kier molecular flexibility index (Phi) is 18.4. The van der Waals surface area contributed by atoms with Crippen LogP contribution in [0.5, 0.6) is 0 Å². The summed E-state index contributed by atoms with van der Waals surface area (Å²) in [5.41, 5.74) is 0. The Hall–Kier alpha value is -0.430. The normalized spacial score (nSPS) is 25.5. The van der Waals surface area contributed by atoms with Crippen LogP contribution in [-0.4, -0.2) is 30.4 Å². The number of ether oxygens (including phenoxy) is 1. The van der Waals surface area contributed by atoms with Gasteiger partial charge in [-0.05, 0) is 64.2 Å². The second kappa shape index (κ2) is 19.8. The van der Waals surface area contributed by atoms with E-state index in [1.165, 1.54) is 51.4 Å². The minimum Gasteiger partial charge on any atom is -0.550 e. The number of aliphatic carboxylic acids is 1. The van der Waals surface area contributed by atoms with E-state index < -0.39 is 12.1 Å². The van der Waals surface area contributed by atoms with E-state index in [4.69, 9.17) is 14.5 Å². The number of carbonyl (C=O) groups is 1. The molecule has 2 heterocycles. The number of carboxylic acid groups (broad SMARTS) is 1. The SMILES string of the molecule is C=CCCC/C=C/C=C\CCCCCCCC[C@H]1CC[C@H]([C@@H]2CC[C@@H](CC(=O)[O-])OO2)O1.[Na+]. The van der Waals surface area contributed by atoms with Gasteiger partial charge in [-0.2, -0.15) is 0 Å². The molecule has 2 saturated heterocycles. The number of carboxylic acids is 1. The molecule has 0 aromatic rings. The molecule has 0 unspecified atom stereocenters. The van der Waals surface area contributed by atoms with Crippen LogP contribution in [-0.2, 0) is 19.3 Å². The standard InChI is InChI=1S/C27H44O5.Na/c1-2-3-4-5-6-7-8-9-10-11-12-13-14-15-16-17-23-18-20-25(30-23)26-21-19-24(31-32-26)22-27(28)29;/h2,6-9,23-26H,1,3-5,10-22H2,(H,28,29);/q;+1/p-1/b7-6+,9-8-;/t23-,24-,25+,26-;/m0./s1. The number of hydrogen-bond donors (Lipinski definition) is 0. The van der Waals surface area contributed by atoms with Crippen molar-refractivity contribution in [3.63, 3.8) is 0 Å². The van der Waals surface area contributed by atoms with Crippen LogP contribution in [0.2, 0.25) is 0 Å². The largest absolute Gasteiger partial charge is 1.00 e. The van der Waals surface area contributed by atoms with Gasteiger partial charge in [0.05, 0.1) is 18.3 Å². The van der Waals surface area contributed by atoms with Crippen LogP contribution in [0.1, 0.15) is 103 Å². The number of rotatable bonds is 17. The quantitative estimate of drug-likeness (QED) is 0.108. The Morgan fingerprint density at radius 2 is 1.42 bits per heavy atom. The zero-order chi connectivity index (χ0) is 22.9. The van der Waals surface area contributed by atoms with E-state index in [2.05, 4.69) is 30.9 Å². The van der Waals surface area contributed by atoms with Crippen molar-refractivity contribution < 1.29 is 54.0 Å². The second-order valence-corrected chi connectivity index (χ2v) is 9.15. The summed E-state index contributed by atoms with van der Waals surface area (Å²) in [6, 6.07) is 0. The van der Waals surface area contributed by atoms with Crippen LogP contribution in [0.4, 0.5) is 0 Å². The molecule has 0 spiro atoms. The first kappa shape index (κ1) is 30.6. The Bertz CT molecular complexity index is 569. The molecule has 0 amide bonds. The van der Waals surface area contributed by atoms with Crippen molar-refractivity contribution in [3.8, 4) is 0 Å². The van der Waals surface area contributed by atoms with Crippen LogP contribution < -0.4 is 34.7 Å². The van der Waals surface area contributed by atoms with Crippen LogP contribution in [0.15, 0.2) is 37.0 Å². The Labute approximate surface area is 223 Å².